The van der Waals surface area contributed by atoms with E-state index in [1.807, 2.05) is 0 Å². The monoisotopic (exact) mass is 198 g/mol. The molecule has 0 N–H and O–H groups in total. The summed E-state index contributed by atoms with van der Waals surface area (Å²) < 4.78 is 0. The molecule has 1 heteroatoms. The van der Waals surface area contributed by atoms with E-state index in [0.717, 1.165) is 5.33 Å². The molecule has 0 bridgehead atoms. The number of alkyl halides is 1. The van der Waals surface area contributed by atoms with Crippen molar-refractivity contribution in [3.05, 3.63) is 36.0 Å². The van der Waals surface area contributed by atoms with Gasteiger partial charge in [0.05, 0.1) is 0 Å². The van der Waals surface area contributed by atoms with Crippen LogP contribution in [0.25, 0.3) is 0 Å². The summed E-state index contributed by atoms with van der Waals surface area (Å²) in [4.78, 5) is 0. The highest BCUT2D eigenvalue weighted by molar-refractivity contribution is 9.09. The Balaban J connectivity index is 2.62. The van der Waals surface area contributed by atoms with Crippen LogP contribution in [0, 0.1) is 0 Å². The molecule has 0 spiro atoms. The van der Waals surface area contributed by atoms with Crippen LogP contribution >= 0.6 is 15.9 Å². The van der Waals surface area contributed by atoms with Crippen molar-refractivity contribution < 1.29 is 0 Å². The SMILES string of the molecule is BrCC1=CCCC=CC=C1. The first-order valence-electron chi connectivity index (χ1n) is 3.51. The third kappa shape index (κ3) is 2.53. The minimum Gasteiger partial charge on any atom is -0.0876 e. The first-order valence-corrected chi connectivity index (χ1v) is 4.64. The molecule has 0 unspecified atom stereocenters. The highest BCUT2D eigenvalue weighted by Crippen LogP contribution is 2.07. The van der Waals surface area contributed by atoms with Crippen LogP contribution in [-0.2, 0) is 0 Å². The topological polar surface area (TPSA) is 0 Å². The van der Waals surface area contributed by atoms with Crippen molar-refractivity contribution in [2.75, 3.05) is 5.33 Å². The van der Waals surface area contributed by atoms with Crippen molar-refractivity contribution in [2.45, 2.75) is 12.8 Å². The van der Waals surface area contributed by atoms with Gasteiger partial charge in [0.2, 0.25) is 0 Å². The Bertz CT molecular complexity index is 172. The fraction of sp³-hybridized carbons (Fsp3) is 0.333. The lowest BCUT2D eigenvalue weighted by Gasteiger charge is -1.97. The molecule has 0 radical (unpaired) electrons. The second-order valence-corrected chi connectivity index (χ2v) is 2.84. The molecule has 0 amide bonds. The lowest BCUT2D eigenvalue weighted by Crippen LogP contribution is -1.80. The van der Waals surface area contributed by atoms with Gasteiger partial charge in [-0.15, -0.1) is 0 Å². The van der Waals surface area contributed by atoms with Gasteiger partial charge in [-0.2, -0.15) is 0 Å². The van der Waals surface area contributed by atoms with E-state index in [4.69, 9.17) is 0 Å². The molecule has 54 valence electrons. The number of rotatable bonds is 1. The smallest absolute Gasteiger partial charge is 0.0279 e. The Morgan fingerprint density at radius 2 is 2.20 bits per heavy atom. The van der Waals surface area contributed by atoms with Crippen molar-refractivity contribution in [1.82, 2.24) is 0 Å². The van der Waals surface area contributed by atoms with E-state index in [1.165, 1.54) is 18.4 Å². The van der Waals surface area contributed by atoms with Crippen molar-refractivity contribution in [2.24, 2.45) is 0 Å². The summed E-state index contributed by atoms with van der Waals surface area (Å²) in [7, 11) is 0. The highest BCUT2D eigenvalue weighted by atomic mass is 79.9. The zero-order valence-electron chi connectivity index (χ0n) is 5.89. The molecule has 1 rings (SSSR count). The van der Waals surface area contributed by atoms with Gasteiger partial charge >= 0.3 is 0 Å². The van der Waals surface area contributed by atoms with Crippen LogP contribution < -0.4 is 0 Å². The summed E-state index contributed by atoms with van der Waals surface area (Å²) in [5.41, 5.74) is 1.38. The van der Waals surface area contributed by atoms with Crippen molar-refractivity contribution >= 4 is 15.9 Å². The molecule has 1 aliphatic carbocycles. The third-order valence-corrected chi connectivity index (χ3v) is 2.10. The Hall–Kier alpha value is -0.300. The summed E-state index contributed by atoms with van der Waals surface area (Å²) >= 11 is 3.43. The molecule has 10 heavy (non-hydrogen) atoms. The molecule has 0 aromatic rings. The zero-order chi connectivity index (χ0) is 7.23. The van der Waals surface area contributed by atoms with E-state index >= 15 is 0 Å². The second-order valence-electron chi connectivity index (χ2n) is 2.28. The van der Waals surface area contributed by atoms with E-state index < -0.39 is 0 Å². The fourth-order valence-corrected chi connectivity index (χ4v) is 1.30. The quantitative estimate of drug-likeness (QED) is 0.569. The molecule has 0 heterocycles. The number of allylic oxidation sites excluding steroid dienone is 6. The van der Waals surface area contributed by atoms with E-state index in [0.29, 0.717) is 0 Å². The average molecular weight is 199 g/mol. The fourth-order valence-electron chi connectivity index (χ4n) is 0.886. The van der Waals surface area contributed by atoms with Gasteiger partial charge in [-0.05, 0) is 18.4 Å². The minimum absolute atomic E-state index is 0.970. The maximum Gasteiger partial charge on any atom is 0.0279 e. The molecule has 0 aliphatic heterocycles. The predicted molar refractivity (Wildman–Crippen MR) is 49.4 cm³/mol. The first-order chi connectivity index (χ1) is 4.93. The Morgan fingerprint density at radius 3 is 3.00 bits per heavy atom. The molecule has 1 aliphatic rings. The molecular weight excluding hydrogens is 188 g/mol. The van der Waals surface area contributed by atoms with E-state index in [9.17, 15) is 0 Å². The summed E-state index contributed by atoms with van der Waals surface area (Å²) in [6.45, 7) is 0. The molecular formula is C9H11Br. The van der Waals surface area contributed by atoms with Crippen LogP contribution in [-0.4, -0.2) is 5.33 Å². The van der Waals surface area contributed by atoms with Crippen molar-refractivity contribution in [3.8, 4) is 0 Å². The third-order valence-electron chi connectivity index (χ3n) is 1.45. The van der Waals surface area contributed by atoms with Gasteiger partial charge in [0.1, 0.15) is 0 Å². The predicted octanol–water partition coefficient (Wildman–Crippen LogP) is 3.21. The molecule has 0 aromatic heterocycles. The maximum atomic E-state index is 3.43. The van der Waals surface area contributed by atoms with Gasteiger partial charge in [0.15, 0.2) is 0 Å². The van der Waals surface area contributed by atoms with E-state index in [1.54, 1.807) is 0 Å². The van der Waals surface area contributed by atoms with E-state index in [2.05, 4.69) is 46.3 Å². The average Bonchev–Trinajstić information content (AvgIpc) is 1.87. The van der Waals surface area contributed by atoms with Crippen LogP contribution in [0.2, 0.25) is 0 Å². The number of hydrogen-bond donors (Lipinski definition) is 0. The lowest BCUT2D eigenvalue weighted by atomic mass is 10.1. The normalized spacial score (nSPS) is 17.9. The molecule has 0 saturated heterocycles. The summed E-state index contributed by atoms with van der Waals surface area (Å²) in [6.07, 6.45) is 13.1. The van der Waals surface area contributed by atoms with Gasteiger partial charge in [-0.3, -0.25) is 0 Å². The molecule has 0 saturated carbocycles. The van der Waals surface area contributed by atoms with Crippen LogP contribution in [0.15, 0.2) is 36.0 Å². The van der Waals surface area contributed by atoms with Gasteiger partial charge in [-0.1, -0.05) is 46.3 Å². The second kappa shape index (κ2) is 4.51. The molecule has 0 fully saturated rings. The van der Waals surface area contributed by atoms with Crippen molar-refractivity contribution in [3.63, 3.8) is 0 Å². The van der Waals surface area contributed by atoms with Crippen LogP contribution in [0.3, 0.4) is 0 Å². The zero-order valence-corrected chi connectivity index (χ0v) is 7.47. The van der Waals surface area contributed by atoms with Gasteiger partial charge in [0, 0.05) is 5.33 Å². The Labute approximate surface area is 70.5 Å². The number of hydrogen-bond acceptors (Lipinski definition) is 0. The Morgan fingerprint density at radius 1 is 1.30 bits per heavy atom. The highest BCUT2D eigenvalue weighted by Gasteiger charge is 1.89. The summed E-state index contributed by atoms with van der Waals surface area (Å²) in [5.74, 6) is 0. The van der Waals surface area contributed by atoms with Crippen molar-refractivity contribution in [1.29, 1.82) is 0 Å². The minimum atomic E-state index is 0.970. The lowest BCUT2D eigenvalue weighted by molar-refractivity contribution is 1.04. The van der Waals surface area contributed by atoms with Crippen LogP contribution in [0.1, 0.15) is 12.8 Å². The Kier molecular flexibility index (Phi) is 3.52. The van der Waals surface area contributed by atoms with Gasteiger partial charge in [0.25, 0.3) is 0 Å². The number of halogens is 1. The summed E-state index contributed by atoms with van der Waals surface area (Å²) in [5, 5.41) is 0.970. The van der Waals surface area contributed by atoms with E-state index in [-0.39, 0.29) is 0 Å². The largest absolute Gasteiger partial charge is 0.0876 e. The maximum absolute atomic E-state index is 3.43. The van der Waals surface area contributed by atoms with Gasteiger partial charge < -0.3 is 0 Å². The summed E-state index contributed by atoms with van der Waals surface area (Å²) in [6, 6.07) is 0. The van der Waals surface area contributed by atoms with Gasteiger partial charge in [-0.25, -0.2) is 0 Å². The van der Waals surface area contributed by atoms with Crippen LogP contribution in [0.5, 0.6) is 0 Å². The molecule has 0 nitrogen and oxygen atoms in total. The standard InChI is InChI=1S/C9H11Br/c10-8-9-6-4-2-1-3-5-7-9/h1-2,4,6-7H,3,5,8H2. The molecule has 0 atom stereocenters. The first kappa shape index (κ1) is 7.80. The van der Waals surface area contributed by atoms with Crippen LogP contribution in [0.4, 0.5) is 0 Å². The molecule has 0 aromatic carbocycles.